The molecule has 0 radical (unpaired) electrons. The van der Waals surface area contributed by atoms with Crippen LogP contribution in [-0.4, -0.2) is 71.4 Å². The van der Waals surface area contributed by atoms with Crippen LogP contribution in [0.25, 0.3) is 0 Å². The minimum Gasteiger partial charge on any atom is -0.394 e. The molecule has 0 unspecified atom stereocenters. The highest BCUT2D eigenvalue weighted by molar-refractivity contribution is 5.43. The molecule has 5 N–H and O–H groups in total. The summed E-state index contributed by atoms with van der Waals surface area (Å²) in [5.41, 5.74) is 2.07. The Morgan fingerprint density at radius 1 is 1.09 bits per heavy atom. The summed E-state index contributed by atoms with van der Waals surface area (Å²) in [7, 11) is 1.84. The van der Waals surface area contributed by atoms with Gasteiger partial charge in [0, 0.05) is 12.7 Å². The van der Waals surface area contributed by atoms with Gasteiger partial charge >= 0.3 is 0 Å². The zero-order valence-corrected chi connectivity index (χ0v) is 12.4. The molecule has 1 aliphatic rings. The van der Waals surface area contributed by atoms with Crippen LogP contribution in [0.2, 0.25) is 0 Å². The fourth-order valence-electron chi connectivity index (χ4n) is 2.34. The number of aliphatic hydroxyl groups excluding tert-OH is 4. The fourth-order valence-corrected chi connectivity index (χ4v) is 2.34. The third-order valence-electron chi connectivity index (χ3n) is 3.76. The van der Waals surface area contributed by atoms with E-state index in [0.717, 1.165) is 11.3 Å². The van der Waals surface area contributed by atoms with Gasteiger partial charge in [-0.3, -0.25) is 0 Å². The lowest BCUT2D eigenvalue weighted by Crippen LogP contribution is -2.59. The molecule has 1 fully saturated rings. The average molecular weight is 313 g/mol. The maximum atomic E-state index is 9.84. The number of anilines is 1. The molecule has 124 valence electrons. The Kier molecular flexibility index (Phi) is 6.13. The largest absolute Gasteiger partial charge is 0.394 e. The van der Waals surface area contributed by atoms with E-state index in [2.05, 4.69) is 5.32 Å². The molecule has 22 heavy (non-hydrogen) atoms. The van der Waals surface area contributed by atoms with Gasteiger partial charge in [-0.25, -0.2) is 0 Å². The first kappa shape index (κ1) is 17.1. The highest BCUT2D eigenvalue weighted by atomic mass is 16.7. The van der Waals surface area contributed by atoms with Crippen molar-refractivity contribution >= 4 is 5.69 Å². The minimum atomic E-state index is -1.41. The summed E-state index contributed by atoms with van der Waals surface area (Å²) >= 11 is 0. The molecule has 0 spiro atoms. The van der Waals surface area contributed by atoms with Crippen LogP contribution >= 0.6 is 0 Å². The van der Waals surface area contributed by atoms with E-state index in [1.54, 1.807) is 0 Å². The summed E-state index contributed by atoms with van der Waals surface area (Å²) in [6.45, 7) is -0.183. The first-order chi connectivity index (χ1) is 10.6. The van der Waals surface area contributed by atoms with Gasteiger partial charge < -0.3 is 35.2 Å². The molecule has 2 rings (SSSR count). The SMILES string of the molecule is CNc1ccc(CCO[C@@H]2O[C@H](CO)[C@@H](O)[C@H](O)[C@H]2O)cc1. The van der Waals surface area contributed by atoms with Crippen LogP contribution in [0.15, 0.2) is 24.3 Å². The van der Waals surface area contributed by atoms with Crippen LogP contribution in [0.4, 0.5) is 5.69 Å². The van der Waals surface area contributed by atoms with Gasteiger partial charge in [-0.2, -0.15) is 0 Å². The maximum Gasteiger partial charge on any atom is 0.186 e. The van der Waals surface area contributed by atoms with E-state index in [0.29, 0.717) is 6.42 Å². The highest BCUT2D eigenvalue weighted by Crippen LogP contribution is 2.22. The Morgan fingerprint density at radius 3 is 2.36 bits per heavy atom. The zero-order chi connectivity index (χ0) is 16.1. The van der Waals surface area contributed by atoms with Gasteiger partial charge in [-0.15, -0.1) is 0 Å². The third kappa shape index (κ3) is 3.95. The van der Waals surface area contributed by atoms with Crippen LogP contribution in [0.3, 0.4) is 0 Å². The number of rotatable bonds is 6. The molecule has 1 aliphatic heterocycles. The summed E-state index contributed by atoms with van der Waals surface area (Å²) < 4.78 is 10.7. The second-order valence-corrected chi connectivity index (χ2v) is 5.26. The van der Waals surface area contributed by atoms with E-state index in [9.17, 15) is 15.3 Å². The lowest BCUT2D eigenvalue weighted by Gasteiger charge is -2.39. The molecule has 1 aromatic carbocycles. The molecular weight excluding hydrogens is 290 g/mol. The van der Waals surface area contributed by atoms with Crippen LogP contribution in [0.1, 0.15) is 5.56 Å². The standard InChI is InChI=1S/C15H23NO6/c1-16-10-4-2-9(3-5-10)6-7-21-15-14(20)13(19)12(18)11(8-17)22-15/h2-5,11-20H,6-8H2,1H3/t11-,12-,13+,14-,15-/m1/s1. The normalized spacial score (nSPS) is 32.0. The van der Waals surface area contributed by atoms with Gasteiger partial charge in [0.05, 0.1) is 13.2 Å². The van der Waals surface area contributed by atoms with Gasteiger partial charge in [-0.05, 0) is 24.1 Å². The second-order valence-electron chi connectivity index (χ2n) is 5.26. The molecule has 0 aromatic heterocycles. The quantitative estimate of drug-likeness (QED) is 0.462. The topological polar surface area (TPSA) is 111 Å². The second kappa shape index (κ2) is 7.87. The lowest BCUT2D eigenvalue weighted by atomic mass is 9.99. The van der Waals surface area contributed by atoms with E-state index in [1.807, 2.05) is 31.3 Å². The zero-order valence-electron chi connectivity index (χ0n) is 12.4. The molecule has 1 aromatic rings. The minimum absolute atomic E-state index is 0.279. The monoisotopic (exact) mass is 313 g/mol. The van der Waals surface area contributed by atoms with Crippen molar-refractivity contribution in [3.63, 3.8) is 0 Å². The number of aliphatic hydroxyl groups is 4. The predicted octanol–water partition coefficient (Wildman–Crippen LogP) is -0.913. The molecule has 5 atom stereocenters. The highest BCUT2D eigenvalue weighted by Gasteiger charge is 2.43. The van der Waals surface area contributed by atoms with E-state index in [4.69, 9.17) is 14.6 Å². The summed E-state index contributed by atoms with van der Waals surface area (Å²) in [6.07, 6.45) is -5.55. The van der Waals surface area contributed by atoms with Crippen molar-refractivity contribution in [1.82, 2.24) is 0 Å². The van der Waals surface area contributed by atoms with Crippen LogP contribution in [-0.2, 0) is 15.9 Å². The number of ether oxygens (including phenoxy) is 2. The van der Waals surface area contributed by atoms with Gasteiger partial charge in [0.15, 0.2) is 6.29 Å². The van der Waals surface area contributed by atoms with Gasteiger partial charge in [-0.1, -0.05) is 12.1 Å². The lowest BCUT2D eigenvalue weighted by molar-refractivity contribution is -0.300. The summed E-state index contributed by atoms with van der Waals surface area (Å²) in [5, 5.41) is 41.3. The van der Waals surface area contributed by atoms with Crippen LogP contribution in [0.5, 0.6) is 0 Å². The Labute approximate surface area is 129 Å². The first-order valence-corrected chi connectivity index (χ1v) is 7.25. The van der Waals surface area contributed by atoms with Crippen LogP contribution < -0.4 is 5.32 Å². The van der Waals surface area contributed by atoms with Crippen molar-refractivity contribution < 1.29 is 29.9 Å². The van der Waals surface area contributed by atoms with E-state index in [-0.39, 0.29) is 6.61 Å². The van der Waals surface area contributed by atoms with Crippen molar-refractivity contribution in [3.8, 4) is 0 Å². The van der Waals surface area contributed by atoms with Crippen molar-refractivity contribution in [2.45, 2.75) is 37.1 Å². The summed E-state index contributed by atoms with van der Waals surface area (Å²) in [6, 6.07) is 7.82. The van der Waals surface area contributed by atoms with Gasteiger partial charge in [0.25, 0.3) is 0 Å². The number of nitrogens with one attached hydrogen (secondary N) is 1. The van der Waals surface area contributed by atoms with Gasteiger partial charge in [0.2, 0.25) is 0 Å². The van der Waals surface area contributed by atoms with Gasteiger partial charge in [0.1, 0.15) is 24.4 Å². The maximum absolute atomic E-state index is 9.84. The van der Waals surface area contributed by atoms with E-state index >= 15 is 0 Å². The van der Waals surface area contributed by atoms with Crippen molar-refractivity contribution in [1.29, 1.82) is 0 Å². The molecule has 0 amide bonds. The molecule has 0 bridgehead atoms. The van der Waals surface area contributed by atoms with Crippen LogP contribution in [0, 0.1) is 0 Å². The third-order valence-corrected chi connectivity index (χ3v) is 3.76. The summed E-state index contributed by atoms with van der Waals surface area (Å²) in [5.74, 6) is 0. The Balaban J connectivity index is 1.84. The van der Waals surface area contributed by atoms with Crippen molar-refractivity contribution in [3.05, 3.63) is 29.8 Å². The fraction of sp³-hybridized carbons (Fsp3) is 0.600. The molecule has 1 saturated heterocycles. The Bertz CT molecular complexity index is 452. The molecule has 0 saturated carbocycles. The number of hydrogen-bond donors (Lipinski definition) is 5. The first-order valence-electron chi connectivity index (χ1n) is 7.25. The Hall–Kier alpha value is -1.22. The average Bonchev–Trinajstić information content (AvgIpc) is 2.55. The van der Waals surface area contributed by atoms with Crippen molar-refractivity contribution in [2.24, 2.45) is 0 Å². The smallest absolute Gasteiger partial charge is 0.186 e. The van der Waals surface area contributed by atoms with Crippen molar-refractivity contribution in [2.75, 3.05) is 25.6 Å². The number of hydrogen-bond acceptors (Lipinski definition) is 7. The molecule has 1 heterocycles. The molecule has 7 nitrogen and oxygen atoms in total. The number of benzene rings is 1. The molecule has 7 heteroatoms. The predicted molar refractivity (Wildman–Crippen MR) is 79.4 cm³/mol. The molecule has 0 aliphatic carbocycles. The molecular formula is C15H23NO6. The summed E-state index contributed by atoms with van der Waals surface area (Å²) in [4.78, 5) is 0. The Morgan fingerprint density at radius 2 is 1.77 bits per heavy atom. The van der Waals surface area contributed by atoms with E-state index in [1.165, 1.54) is 0 Å². The van der Waals surface area contributed by atoms with E-state index < -0.39 is 37.3 Å².